The van der Waals surface area contributed by atoms with E-state index in [2.05, 4.69) is 4.74 Å². The van der Waals surface area contributed by atoms with E-state index in [1.807, 2.05) is 0 Å². The summed E-state index contributed by atoms with van der Waals surface area (Å²) in [6.45, 7) is -3.20. The Kier molecular flexibility index (Phi) is 5.33. The summed E-state index contributed by atoms with van der Waals surface area (Å²) < 4.78 is 56.7. The molecule has 2 rings (SSSR count). The first kappa shape index (κ1) is 17.0. The zero-order valence-electron chi connectivity index (χ0n) is 12.0. The topological polar surface area (TPSA) is 29.5 Å². The number of halogens is 4. The summed E-state index contributed by atoms with van der Waals surface area (Å²) in [4.78, 5) is 13.2. The molecule has 122 valence electrons. The van der Waals surface area contributed by atoms with Gasteiger partial charge >= 0.3 is 6.61 Å². The third-order valence-electron chi connectivity index (χ3n) is 3.19. The Morgan fingerprint density at radius 3 is 2.30 bits per heavy atom. The average molecular weight is 327 g/mol. The van der Waals surface area contributed by atoms with E-state index in [-0.39, 0.29) is 11.3 Å². The molecule has 2 aromatic rings. The van der Waals surface area contributed by atoms with Crippen LogP contribution in [0.3, 0.4) is 0 Å². The Hall–Kier alpha value is -2.41. The highest BCUT2D eigenvalue weighted by Gasteiger charge is 2.30. The molecule has 0 saturated carbocycles. The molecule has 0 radical (unpaired) electrons. The number of amides is 1. The van der Waals surface area contributed by atoms with E-state index >= 15 is 0 Å². The Morgan fingerprint density at radius 2 is 1.70 bits per heavy atom. The van der Waals surface area contributed by atoms with Gasteiger partial charge in [-0.15, -0.1) is 0 Å². The van der Waals surface area contributed by atoms with Crippen LogP contribution in [-0.4, -0.2) is 19.6 Å². The molecule has 1 unspecified atom stereocenters. The van der Waals surface area contributed by atoms with Crippen LogP contribution in [-0.2, 0) is 9.53 Å². The molecule has 0 bridgehead atoms. The molecule has 0 aliphatic rings. The fourth-order valence-electron chi connectivity index (χ4n) is 2.06. The first-order valence-corrected chi connectivity index (χ1v) is 6.62. The minimum Gasteiger partial charge on any atom is -0.310 e. The molecule has 0 N–H and O–H groups in total. The summed E-state index contributed by atoms with van der Waals surface area (Å²) in [5, 5.41) is 0. The van der Waals surface area contributed by atoms with Gasteiger partial charge in [-0.05, 0) is 17.7 Å². The van der Waals surface area contributed by atoms with Crippen molar-refractivity contribution in [3.8, 4) is 0 Å². The second-order valence-corrected chi connectivity index (χ2v) is 4.66. The Labute approximate surface area is 130 Å². The van der Waals surface area contributed by atoms with Gasteiger partial charge in [-0.2, -0.15) is 8.78 Å². The number of likely N-dealkylation sites (N-methyl/N-ethyl adjacent to an activating group) is 1. The van der Waals surface area contributed by atoms with Crippen LogP contribution in [0, 0.1) is 11.6 Å². The molecule has 0 spiro atoms. The zero-order valence-corrected chi connectivity index (χ0v) is 12.0. The number of hydrogen-bond donors (Lipinski definition) is 0. The average Bonchev–Trinajstić information content (AvgIpc) is 2.54. The van der Waals surface area contributed by atoms with Crippen molar-refractivity contribution in [1.82, 2.24) is 0 Å². The van der Waals surface area contributed by atoms with Crippen LogP contribution in [0.2, 0.25) is 0 Å². The smallest absolute Gasteiger partial charge is 0.310 e. The summed E-state index contributed by atoms with van der Waals surface area (Å²) in [5.41, 5.74) is -0.185. The summed E-state index contributed by atoms with van der Waals surface area (Å²) in [6.07, 6.45) is -1.64. The number of carbonyl (C=O) groups excluding carboxylic acids is 1. The van der Waals surface area contributed by atoms with E-state index in [1.165, 1.54) is 24.3 Å². The van der Waals surface area contributed by atoms with Crippen LogP contribution < -0.4 is 4.90 Å². The van der Waals surface area contributed by atoms with Crippen molar-refractivity contribution in [2.75, 3.05) is 11.9 Å². The number of benzene rings is 2. The second kappa shape index (κ2) is 7.23. The molecule has 7 heteroatoms. The van der Waals surface area contributed by atoms with E-state index in [4.69, 9.17) is 0 Å². The minimum atomic E-state index is -3.20. The van der Waals surface area contributed by atoms with Crippen molar-refractivity contribution >= 4 is 11.6 Å². The van der Waals surface area contributed by atoms with Gasteiger partial charge < -0.3 is 9.64 Å². The van der Waals surface area contributed by atoms with Gasteiger partial charge in [0.1, 0.15) is 0 Å². The molecule has 0 saturated heterocycles. The molecule has 23 heavy (non-hydrogen) atoms. The van der Waals surface area contributed by atoms with Crippen LogP contribution in [0.1, 0.15) is 11.7 Å². The van der Waals surface area contributed by atoms with Crippen molar-refractivity contribution < 1.29 is 27.1 Å². The third kappa shape index (κ3) is 3.87. The van der Waals surface area contributed by atoms with Crippen LogP contribution >= 0.6 is 0 Å². The predicted molar refractivity (Wildman–Crippen MR) is 76.0 cm³/mol. The zero-order chi connectivity index (χ0) is 17.0. The summed E-state index contributed by atoms with van der Waals surface area (Å²) in [7, 11) is 1.16. The van der Waals surface area contributed by atoms with E-state index in [1.54, 1.807) is 18.2 Å². The van der Waals surface area contributed by atoms with Gasteiger partial charge in [0.05, 0.1) is 5.69 Å². The van der Waals surface area contributed by atoms with Crippen molar-refractivity contribution in [2.45, 2.75) is 12.7 Å². The van der Waals surface area contributed by atoms with Gasteiger partial charge in [-0.3, -0.25) is 4.79 Å². The van der Waals surface area contributed by atoms with E-state index < -0.39 is 30.3 Å². The fraction of sp³-hybridized carbons (Fsp3) is 0.188. The predicted octanol–water partition coefficient (Wildman–Crippen LogP) is 3.91. The van der Waals surface area contributed by atoms with Crippen LogP contribution in [0.5, 0.6) is 0 Å². The molecule has 0 aromatic heterocycles. The van der Waals surface area contributed by atoms with Crippen molar-refractivity contribution in [2.24, 2.45) is 0 Å². The van der Waals surface area contributed by atoms with E-state index in [0.29, 0.717) is 0 Å². The molecule has 1 amide bonds. The van der Waals surface area contributed by atoms with Crippen LogP contribution in [0.25, 0.3) is 0 Å². The normalized spacial score (nSPS) is 12.3. The summed E-state index contributed by atoms with van der Waals surface area (Å²) in [6, 6.07) is 10.9. The molecule has 0 heterocycles. The maximum Gasteiger partial charge on any atom is 0.346 e. The Bertz CT molecular complexity index is 679. The van der Waals surface area contributed by atoms with Gasteiger partial charge in [0.2, 0.25) is 0 Å². The van der Waals surface area contributed by atoms with Gasteiger partial charge in [-0.1, -0.05) is 36.4 Å². The maximum absolute atomic E-state index is 13.8. The Morgan fingerprint density at radius 1 is 1.04 bits per heavy atom. The van der Waals surface area contributed by atoms with E-state index in [0.717, 1.165) is 18.0 Å². The molecule has 2 aromatic carbocycles. The fourth-order valence-corrected chi connectivity index (χ4v) is 2.06. The third-order valence-corrected chi connectivity index (χ3v) is 3.19. The Balaban J connectivity index is 2.35. The number of nitrogens with zero attached hydrogens (tertiary/aromatic N) is 1. The van der Waals surface area contributed by atoms with Gasteiger partial charge in [0.25, 0.3) is 5.91 Å². The first-order chi connectivity index (χ1) is 10.9. The standard InChI is InChI=1S/C16H13F4NO2/c1-21(12-9-5-8-11(17)13(12)18)15(22)14(23-16(19)20)10-6-3-2-4-7-10/h2-9,14,16H,1H3. The van der Waals surface area contributed by atoms with Crippen LogP contribution in [0.4, 0.5) is 23.2 Å². The summed E-state index contributed by atoms with van der Waals surface area (Å²) >= 11 is 0. The number of carbonyl (C=O) groups is 1. The van der Waals surface area contributed by atoms with Crippen LogP contribution in [0.15, 0.2) is 48.5 Å². The molecule has 1 atom stereocenters. The second-order valence-electron chi connectivity index (χ2n) is 4.66. The lowest BCUT2D eigenvalue weighted by Gasteiger charge is -2.24. The number of alkyl halides is 2. The monoisotopic (exact) mass is 327 g/mol. The molecule has 0 aliphatic carbocycles. The number of anilines is 1. The lowest BCUT2D eigenvalue weighted by Crippen LogP contribution is -2.34. The number of ether oxygens (including phenoxy) is 1. The highest BCUT2D eigenvalue weighted by atomic mass is 19.3. The largest absolute Gasteiger partial charge is 0.346 e. The molecular formula is C16H13F4NO2. The lowest BCUT2D eigenvalue weighted by atomic mass is 10.1. The maximum atomic E-state index is 13.8. The molecule has 3 nitrogen and oxygen atoms in total. The van der Waals surface area contributed by atoms with Gasteiger partial charge in [0, 0.05) is 7.05 Å². The number of rotatable bonds is 5. The summed E-state index contributed by atoms with van der Waals surface area (Å²) in [5.74, 6) is -3.33. The van der Waals surface area contributed by atoms with Crippen molar-refractivity contribution in [3.63, 3.8) is 0 Å². The van der Waals surface area contributed by atoms with Crippen molar-refractivity contribution in [3.05, 3.63) is 65.7 Å². The lowest BCUT2D eigenvalue weighted by molar-refractivity contribution is -0.175. The SMILES string of the molecule is CN(C(=O)C(OC(F)F)c1ccccc1)c1cccc(F)c1F. The number of hydrogen-bond acceptors (Lipinski definition) is 2. The van der Waals surface area contributed by atoms with Gasteiger partial charge in [0.15, 0.2) is 17.7 Å². The van der Waals surface area contributed by atoms with Crippen molar-refractivity contribution in [1.29, 1.82) is 0 Å². The quantitative estimate of drug-likeness (QED) is 0.779. The van der Waals surface area contributed by atoms with Gasteiger partial charge in [-0.25, -0.2) is 8.78 Å². The minimum absolute atomic E-state index is 0.182. The molecule has 0 aliphatic heterocycles. The highest BCUT2D eigenvalue weighted by molar-refractivity contribution is 5.96. The molecule has 0 fully saturated rings. The van der Waals surface area contributed by atoms with E-state index in [9.17, 15) is 22.4 Å². The highest BCUT2D eigenvalue weighted by Crippen LogP contribution is 2.27. The first-order valence-electron chi connectivity index (χ1n) is 6.62. The molecular weight excluding hydrogens is 314 g/mol.